The van der Waals surface area contributed by atoms with Gasteiger partial charge in [0.1, 0.15) is 6.54 Å². The highest BCUT2D eigenvalue weighted by Gasteiger charge is 2.23. The Morgan fingerprint density at radius 3 is 2.28 bits per heavy atom. The van der Waals surface area contributed by atoms with Crippen molar-refractivity contribution in [2.45, 2.75) is 19.4 Å². The van der Waals surface area contributed by atoms with Gasteiger partial charge in [-0.15, -0.1) is 0 Å². The van der Waals surface area contributed by atoms with E-state index >= 15 is 0 Å². The molecule has 0 aliphatic carbocycles. The molecule has 0 aliphatic rings. The summed E-state index contributed by atoms with van der Waals surface area (Å²) >= 11 is 3.34. The largest absolute Gasteiger partial charge is 0.348 e. The van der Waals surface area contributed by atoms with Crippen molar-refractivity contribution >= 4 is 37.5 Å². The van der Waals surface area contributed by atoms with Crippen molar-refractivity contribution in [3.63, 3.8) is 0 Å². The maximum absolute atomic E-state index is 12.5. The van der Waals surface area contributed by atoms with Gasteiger partial charge in [0.05, 0.1) is 18.0 Å². The van der Waals surface area contributed by atoms with Crippen LogP contribution in [0, 0.1) is 0 Å². The fourth-order valence-electron chi connectivity index (χ4n) is 2.51. The summed E-state index contributed by atoms with van der Waals surface area (Å²) in [6.45, 7) is 1.70. The van der Waals surface area contributed by atoms with Crippen molar-refractivity contribution in [2.24, 2.45) is 0 Å². The Morgan fingerprint density at radius 2 is 1.72 bits per heavy atom. The van der Waals surface area contributed by atoms with Crippen LogP contribution < -0.4 is 9.62 Å². The van der Waals surface area contributed by atoms with Gasteiger partial charge in [-0.25, -0.2) is 8.42 Å². The smallest absolute Gasteiger partial charge is 0.241 e. The molecule has 0 fully saturated rings. The SMILES string of the molecule is CC[C@@H](NC(=O)CN(c1ccccc1Br)S(C)(=O)=O)c1ccccc1. The van der Waals surface area contributed by atoms with Crippen LogP contribution in [0.1, 0.15) is 24.9 Å². The van der Waals surface area contributed by atoms with E-state index in [0.29, 0.717) is 16.6 Å². The molecule has 2 aromatic rings. The molecule has 0 bridgehead atoms. The predicted octanol–water partition coefficient (Wildman–Crippen LogP) is 3.48. The summed E-state index contributed by atoms with van der Waals surface area (Å²) in [5.74, 6) is -0.350. The molecule has 2 rings (SSSR count). The van der Waals surface area contributed by atoms with Crippen molar-refractivity contribution < 1.29 is 13.2 Å². The third-order valence-corrected chi connectivity index (χ3v) is 5.55. The number of hydrogen-bond donors (Lipinski definition) is 1. The number of hydrogen-bond acceptors (Lipinski definition) is 3. The lowest BCUT2D eigenvalue weighted by molar-refractivity contribution is -0.120. The average molecular weight is 425 g/mol. The minimum Gasteiger partial charge on any atom is -0.348 e. The Morgan fingerprint density at radius 1 is 1.12 bits per heavy atom. The molecule has 0 saturated carbocycles. The lowest BCUT2D eigenvalue weighted by atomic mass is 10.0. The fourth-order valence-corrected chi connectivity index (χ4v) is 4.00. The molecule has 5 nitrogen and oxygen atoms in total. The summed E-state index contributed by atoms with van der Waals surface area (Å²) in [6.07, 6.45) is 1.80. The highest BCUT2D eigenvalue weighted by molar-refractivity contribution is 9.10. The molecule has 0 aliphatic heterocycles. The van der Waals surface area contributed by atoms with Gasteiger partial charge in [0.25, 0.3) is 0 Å². The molecule has 1 atom stereocenters. The first-order valence-corrected chi connectivity index (χ1v) is 10.5. The number of nitrogens with zero attached hydrogens (tertiary/aromatic N) is 1. The number of carbonyl (C=O) groups excluding carboxylic acids is 1. The summed E-state index contributed by atoms with van der Waals surface area (Å²) in [4.78, 5) is 12.5. The maximum Gasteiger partial charge on any atom is 0.241 e. The van der Waals surface area contributed by atoms with Crippen molar-refractivity contribution in [2.75, 3.05) is 17.1 Å². The standard InChI is InChI=1S/C18H21BrN2O3S/c1-3-16(14-9-5-4-6-10-14)20-18(22)13-21(25(2,23)24)17-12-8-7-11-15(17)19/h4-12,16H,3,13H2,1-2H3,(H,20,22)/t16-/m1/s1. The van der Waals surface area contributed by atoms with Gasteiger partial charge < -0.3 is 5.32 Å². The summed E-state index contributed by atoms with van der Waals surface area (Å²) in [7, 11) is -3.60. The number of nitrogens with one attached hydrogen (secondary N) is 1. The second-order valence-corrected chi connectivity index (χ2v) is 8.42. The topological polar surface area (TPSA) is 66.5 Å². The Labute approximate surface area is 157 Å². The quantitative estimate of drug-likeness (QED) is 0.739. The Hall–Kier alpha value is -1.86. The van der Waals surface area contributed by atoms with Crippen LogP contribution in [0.3, 0.4) is 0 Å². The lowest BCUT2D eigenvalue weighted by Crippen LogP contribution is -2.41. The molecule has 0 spiro atoms. The first-order chi connectivity index (χ1) is 11.8. The number of para-hydroxylation sites is 1. The Balaban J connectivity index is 2.19. The van der Waals surface area contributed by atoms with Crippen LogP contribution in [0.2, 0.25) is 0 Å². The van der Waals surface area contributed by atoms with E-state index < -0.39 is 10.0 Å². The second kappa shape index (κ2) is 8.49. The van der Waals surface area contributed by atoms with Crippen LogP contribution >= 0.6 is 15.9 Å². The number of rotatable bonds is 7. The van der Waals surface area contributed by atoms with E-state index in [1.807, 2.05) is 37.3 Å². The highest BCUT2D eigenvalue weighted by Crippen LogP contribution is 2.27. The minimum atomic E-state index is -3.60. The van der Waals surface area contributed by atoms with Gasteiger partial charge in [-0.1, -0.05) is 49.4 Å². The molecule has 0 unspecified atom stereocenters. The van der Waals surface area contributed by atoms with Crippen molar-refractivity contribution in [3.05, 3.63) is 64.6 Å². The Bertz CT molecular complexity index is 825. The molecule has 1 amide bonds. The summed E-state index contributed by atoms with van der Waals surface area (Å²) < 4.78 is 26.1. The number of carbonyl (C=O) groups is 1. The first kappa shape index (κ1) is 19.5. The predicted molar refractivity (Wildman–Crippen MR) is 104 cm³/mol. The van der Waals surface area contributed by atoms with E-state index in [1.54, 1.807) is 24.3 Å². The molecular formula is C18H21BrN2O3S. The molecule has 134 valence electrons. The molecule has 7 heteroatoms. The van der Waals surface area contributed by atoms with Crippen LogP contribution in [-0.4, -0.2) is 27.1 Å². The van der Waals surface area contributed by atoms with E-state index in [0.717, 1.165) is 16.1 Å². The van der Waals surface area contributed by atoms with E-state index in [1.165, 1.54) is 0 Å². The zero-order valence-electron chi connectivity index (χ0n) is 14.1. The summed E-state index contributed by atoms with van der Waals surface area (Å²) in [5, 5.41) is 2.91. The maximum atomic E-state index is 12.5. The number of anilines is 1. The van der Waals surface area contributed by atoms with E-state index in [9.17, 15) is 13.2 Å². The van der Waals surface area contributed by atoms with Crippen LogP contribution in [0.25, 0.3) is 0 Å². The van der Waals surface area contributed by atoms with E-state index in [2.05, 4.69) is 21.2 Å². The molecule has 25 heavy (non-hydrogen) atoms. The number of sulfonamides is 1. The van der Waals surface area contributed by atoms with Gasteiger partial charge in [-0.05, 0) is 40.0 Å². The van der Waals surface area contributed by atoms with Gasteiger partial charge in [-0.2, -0.15) is 0 Å². The van der Waals surface area contributed by atoms with E-state index in [4.69, 9.17) is 0 Å². The lowest BCUT2D eigenvalue weighted by Gasteiger charge is -2.25. The van der Waals surface area contributed by atoms with Crippen molar-refractivity contribution in [1.29, 1.82) is 0 Å². The molecule has 0 aromatic heterocycles. The molecule has 0 saturated heterocycles. The Kier molecular flexibility index (Phi) is 6.61. The number of amides is 1. The van der Waals surface area contributed by atoms with Gasteiger partial charge in [0.2, 0.25) is 15.9 Å². The summed E-state index contributed by atoms with van der Waals surface area (Å²) in [5.41, 5.74) is 1.43. The monoisotopic (exact) mass is 424 g/mol. The normalized spacial score (nSPS) is 12.4. The van der Waals surface area contributed by atoms with Gasteiger partial charge in [-0.3, -0.25) is 9.10 Å². The molecule has 0 radical (unpaired) electrons. The zero-order chi connectivity index (χ0) is 18.4. The number of halogens is 1. The third kappa shape index (κ3) is 5.31. The van der Waals surface area contributed by atoms with Crippen LogP contribution in [-0.2, 0) is 14.8 Å². The highest BCUT2D eigenvalue weighted by atomic mass is 79.9. The zero-order valence-corrected chi connectivity index (χ0v) is 16.5. The van der Waals surface area contributed by atoms with Gasteiger partial charge in [0, 0.05) is 4.47 Å². The van der Waals surface area contributed by atoms with Crippen molar-refractivity contribution in [1.82, 2.24) is 5.32 Å². The van der Waals surface area contributed by atoms with Gasteiger partial charge >= 0.3 is 0 Å². The average Bonchev–Trinajstić information content (AvgIpc) is 2.58. The first-order valence-electron chi connectivity index (χ1n) is 7.89. The summed E-state index contributed by atoms with van der Waals surface area (Å²) in [6, 6.07) is 16.4. The van der Waals surface area contributed by atoms with Crippen LogP contribution in [0.15, 0.2) is 59.1 Å². The molecule has 0 heterocycles. The second-order valence-electron chi connectivity index (χ2n) is 5.66. The minimum absolute atomic E-state index is 0.158. The molecular weight excluding hydrogens is 404 g/mol. The van der Waals surface area contributed by atoms with Crippen LogP contribution in [0.4, 0.5) is 5.69 Å². The van der Waals surface area contributed by atoms with Gasteiger partial charge in [0.15, 0.2) is 0 Å². The molecule has 2 aromatic carbocycles. The van der Waals surface area contributed by atoms with Crippen LogP contribution in [0.5, 0.6) is 0 Å². The van der Waals surface area contributed by atoms with Crippen molar-refractivity contribution in [3.8, 4) is 0 Å². The number of benzene rings is 2. The third-order valence-electron chi connectivity index (χ3n) is 3.75. The van der Waals surface area contributed by atoms with E-state index in [-0.39, 0.29) is 18.5 Å². The fraction of sp³-hybridized carbons (Fsp3) is 0.278. The molecule has 1 N–H and O–H groups in total.